The molecule has 13 heavy (non-hydrogen) atoms. The Morgan fingerprint density at radius 3 is 3.00 bits per heavy atom. The Hall–Kier alpha value is -0.550. The highest BCUT2D eigenvalue weighted by Gasteiger charge is 2.07. The molecule has 0 saturated carbocycles. The van der Waals surface area contributed by atoms with Gasteiger partial charge in [0.25, 0.3) is 0 Å². The maximum Gasteiger partial charge on any atom is 0.150 e. The van der Waals surface area contributed by atoms with Gasteiger partial charge in [-0.15, -0.1) is 11.3 Å². The summed E-state index contributed by atoms with van der Waals surface area (Å²) in [7, 11) is 0. The average molecular weight is 215 g/mol. The van der Waals surface area contributed by atoms with Crippen molar-refractivity contribution in [3.63, 3.8) is 0 Å². The number of hydrogen-bond donors (Lipinski definition) is 2. The smallest absolute Gasteiger partial charge is 0.150 e. The van der Waals surface area contributed by atoms with Crippen molar-refractivity contribution in [2.75, 3.05) is 5.75 Å². The molecule has 0 saturated heterocycles. The first-order valence-electron chi connectivity index (χ1n) is 3.98. The maximum absolute atomic E-state index is 7.22. The number of thiazole rings is 1. The normalized spacial score (nSPS) is 12.8. The molecular formula is C8H13N3S2. The highest BCUT2D eigenvalue weighted by molar-refractivity contribution is 8.01. The Morgan fingerprint density at radius 1 is 1.85 bits per heavy atom. The fourth-order valence-electron chi connectivity index (χ4n) is 0.685. The molecule has 0 aliphatic heterocycles. The van der Waals surface area contributed by atoms with Crippen LogP contribution in [0, 0.1) is 18.3 Å². The molecule has 0 aromatic carbocycles. The zero-order valence-corrected chi connectivity index (χ0v) is 9.34. The van der Waals surface area contributed by atoms with Crippen molar-refractivity contribution in [1.29, 1.82) is 5.41 Å². The van der Waals surface area contributed by atoms with Gasteiger partial charge < -0.3 is 5.73 Å². The van der Waals surface area contributed by atoms with Crippen molar-refractivity contribution in [2.24, 2.45) is 11.7 Å². The number of nitrogens with two attached hydrogens (primary N) is 1. The zero-order chi connectivity index (χ0) is 9.84. The fourth-order valence-corrected chi connectivity index (χ4v) is 2.61. The highest BCUT2D eigenvalue weighted by atomic mass is 32.2. The number of nitrogens with zero attached hydrogens (tertiary/aromatic N) is 1. The first-order valence-corrected chi connectivity index (χ1v) is 5.85. The van der Waals surface area contributed by atoms with E-state index in [9.17, 15) is 0 Å². The number of hydrogen-bond acceptors (Lipinski definition) is 4. The molecule has 3 nitrogen and oxygen atoms in total. The third-order valence-corrected chi connectivity index (χ3v) is 3.98. The van der Waals surface area contributed by atoms with Crippen LogP contribution in [0.15, 0.2) is 9.72 Å². The van der Waals surface area contributed by atoms with E-state index in [0.29, 0.717) is 0 Å². The Bertz CT molecular complexity index is 295. The number of amidine groups is 1. The van der Waals surface area contributed by atoms with Crippen LogP contribution in [0.2, 0.25) is 0 Å². The van der Waals surface area contributed by atoms with E-state index in [1.165, 1.54) is 0 Å². The third-order valence-electron chi connectivity index (χ3n) is 1.59. The Morgan fingerprint density at radius 2 is 2.54 bits per heavy atom. The van der Waals surface area contributed by atoms with Crippen LogP contribution in [-0.2, 0) is 0 Å². The van der Waals surface area contributed by atoms with Gasteiger partial charge >= 0.3 is 0 Å². The molecule has 1 rings (SSSR count). The lowest BCUT2D eigenvalue weighted by atomic mass is 10.2. The van der Waals surface area contributed by atoms with Crippen LogP contribution in [-0.4, -0.2) is 16.6 Å². The molecule has 1 aromatic rings. The van der Waals surface area contributed by atoms with Gasteiger partial charge in [0.1, 0.15) is 4.34 Å². The molecule has 0 amide bonds. The predicted octanol–water partition coefficient (Wildman–Crippen LogP) is 2.12. The van der Waals surface area contributed by atoms with Gasteiger partial charge in [-0.2, -0.15) is 0 Å². The molecule has 1 aromatic heterocycles. The first-order chi connectivity index (χ1) is 6.09. The summed E-state index contributed by atoms with van der Waals surface area (Å²) in [5, 5.41) is 9.25. The predicted molar refractivity (Wildman–Crippen MR) is 58.7 cm³/mol. The van der Waals surface area contributed by atoms with Crippen LogP contribution in [0.5, 0.6) is 0 Å². The Labute approximate surface area is 86.3 Å². The molecule has 0 aliphatic rings. The molecule has 0 radical (unpaired) electrons. The standard InChI is InChI=1S/C8H13N3S2/c1-5(7(9)10)3-12-8-11-6(2)4-13-8/h4-5H,3H2,1-2H3,(H3,9,10). The number of rotatable bonds is 4. The van der Waals surface area contributed by atoms with E-state index in [-0.39, 0.29) is 11.8 Å². The third kappa shape index (κ3) is 3.36. The van der Waals surface area contributed by atoms with Gasteiger partial charge in [-0.1, -0.05) is 18.7 Å². The van der Waals surface area contributed by atoms with Crippen LogP contribution in [0.3, 0.4) is 0 Å². The molecule has 0 spiro atoms. The highest BCUT2D eigenvalue weighted by Crippen LogP contribution is 2.24. The topological polar surface area (TPSA) is 62.8 Å². The van der Waals surface area contributed by atoms with Crippen LogP contribution >= 0.6 is 23.1 Å². The van der Waals surface area contributed by atoms with Gasteiger partial charge in [-0.3, -0.25) is 5.41 Å². The molecule has 1 heterocycles. The molecule has 3 N–H and O–H groups in total. The van der Waals surface area contributed by atoms with Crippen molar-refractivity contribution < 1.29 is 0 Å². The van der Waals surface area contributed by atoms with Gasteiger partial charge in [0.15, 0.2) is 0 Å². The molecule has 72 valence electrons. The lowest BCUT2D eigenvalue weighted by Gasteiger charge is -2.06. The molecule has 0 aliphatic carbocycles. The number of thioether (sulfide) groups is 1. The Balaban J connectivity index is 2.39. The fraction of sp³-hybridized carbons (Fsp3) is 0.500. The molecule has 0 bridgehead atoms. The summed E-state index contributed by atoms with van der Waals surface area (Å²) in [5.41, 5.74) is 6.42. The number of aryl methyl sites for hydroxylation is 1. The minimum Gasteiger partial charge on any atom is -0.387 e. The van der Waals surface area contributed by atoms with E-state index in [0.717, 1.165) is 15.8 Å². The molecule has 1 atom stereocenters. The molecular weight excluding hydrogens is 202 g/mol. The minimum absolute atomic E-state index is 0.134. The largest absolute Gasteiger partial charge is 0.387 e. The zero-order valence-electron chi connectivity index (χ0n) is 7.70. The molecule has 0 fully saturated rings. The van der Waals surface area contributed by atoms with E-state index >= 15 is 0 Å². The van der Waals surface area contributed by atoms with Gasteiger partial charge in [-0.25, -0.2) is 4.98 Å². The lowest BCUT2D eigenvalue weighted by Crippen LogP contribution is -2.21. The second-order valence-corrected chi connectivity index (χ2v) is 5.05. The minimum atomic E-state index is 0.134. The van der Waals surface area contributed by atoms with E-state index in [1.807, 2.05) is 19.2 Å². The van der Waals surface area contributed by atoms with E-state index in [1.54, 1.807) is 23.1 Å². The average Bonchev–Trinajstić information content (AvgIpc) is 2.47. The number of aromatic nitrogens is 1. The van der Waals surface area contributed by atoms with E-state index in [2.05, 4.69) is 4.98 Å². The SMILES string of the molecule is Cc1csc(SCC(C)C(=N)N)n1. The van der Waals surface area contributed by atoms with Crippen molar-refractivity contribution >= 4 is 28.9 Å². The van der Waals surface area contributed by atoms with Gasteiger partial charge in [0, 0.05) is 22.7 Å². The lowest BCUT2D eigenvalue weighted by molar-refractivity contribution is 0.878. The molecule has 5 heteroatoms. The summed E-state index contributed by atoms with van der Waals surface area (Å²) in [5.74, 6) is 1.22. The summed E-state index contributed by atoms with van der Waals surface area (Å²) in [6.45, 7) is 3.94. The van der Waals surface area contributed by atoms with Gasteiger partial charge in [-0.05, 0) is 6.92 Å². The first kappa shape index (κ1) is 10.5. The second-order valence-electron chi connectivity index (χ2n) is 2.92. The Kier molecular flexibility index (Phi) is 3.74. The summed E-state index contributed by atoms with van der Waals surface area (Å²) in [6.07, 6.45) is 0. The van der Waals surface area contributed by atoms with Crippen LogP contribution in [0.25, 0.3) is 0 Å². The number of nitrogens with one attached hydrogen (secondary N) is 1. The van der Waals surface area contributed by atoms with Gasteiger partial charge in [0.05, 0.1) is 5.84 Å². The molecule has 1 unspecified atom stereocenters. The van der Waals surface area contributed by atoms with Crippen molar-refractivity contribution in [2.45, 2.75) is 18.2 Å². The quantitative estimate of drug-likeness (QED) is 0.459. The van der Waals surface area contributed by atoms with Crippen LogP contribution in [0.1, 0.15) is 12.6 Å². The summed E-state index contributed by atoms with van der Waals surface area (Å²) < 4.78 is 1.06. The van der Waals surface area contributed by atoms with Gasteiger partial charge in [0.2, 0.25) is 0 Å². The monoisotopic (exact) mass is 215 g/mol. The summed E-state index contributed by atoms with van der Waals surface area (Å²) in [6, 6.07) is 0. The van der Waals surface area contributed by atoms with E-state index in [4.69, 9.17) is 11.1 Å². The van der Waals surface area contributed by atoms with Crippen LogP contribution < -0.4 is 5.73 Å². The summed E-state index contributed by atoms with van der Waals surface area (Å²) >= 11 is 3.31. The van der Waals surface area contributed by atoms with Crippen molar-refractivity contribution in [3.05, 3.63) is 11.1 Å². The maximum atomic E-state index is 7.22. The second kappa shape index (κ2) is 4.62. The summed E-state index contributed by atoms with van der Waals surface area (Å²) in [4.78, 5) is 4.31. The van der Waals surface area contributed by atoms with Crippen molar-refractivity contribution in [1.82, 2.24) is 4.98 Å². The van der Waals surface area contributed by atoms with Crippen molar-refractivity contribution in [3.8, 4) is 0 Å². The van der Waals surface area contributed by atoms with Crippen LogP contribution in [0.4, 0.5) is 0 Å². The van der Waals surface area contributed by atoms with E-state index < -0.39 is 0 Å².